The number of nitrogens with one attached hydrogen (secondary N) is 1. The van der Waals surface area contributed by atoms with Gasteiger partial charge in [0.15, 0.2) is 5.96 Å². The van der Waals surface area contributed by atoms with Crippen LogP contribution in [0.5, 0.6) is 0 Å². The van der Waals surface area contributed by atoms with Crippen molar-refractivity contribution in [3.8, 4) is 0 Å². The topological polar surface area (TPSA) is 59.6 Å². The van der Waals surface area contributed by atoms with E-state index in [1.54, 1.807) is 0 Å². The molecule has 1 aliphatic heterocycles. The Kier molecular flexibility index (Phi) is 3.66. The van der Waals surface area contributed by atoms with Crippen molar-refractivity contribution in [1.82, 2.24) is 0 Å². The van der Waals surface area contributed by atoms with E-state index in [0.717, 1.165) is 25.1 Å². The Morgan fingerprint density at radius 2 is 2.05 bits per heavy atom. The normalized spacial score (nSPS) is 29.5. The van der Waals surface area contributed by atoms with Gasteiger partial charge in [-0.15, -0.1) is 0 Å². The van der Waals surface area contributed by atoms with Crippen molar-refractivity contribution >= 4 is 11.6 Å². The second kappa shape index (κ2) is 5.44. The Bertz CT molecular complexity index is 506. The fourth-order valence-electron chi connectivity index (χ4n) is 3.32. The van der Waals surface area contributed by atoms with Gasteiger partial charge in [-0.25, -0.2) is 4.99 Å². The molecule has 0 amide bonds. The van der Waals surface area contributed by atoms with Crippen molar-refractivity contribution in [2.75, 3.05) is 11.9 Å². The van der Waals surface area contributed by atoms with Crippen LogP contribution in [-0.4, -0.2) is 24.7 Å². The van der Waals surface area contributed by atoms with Gasteiger partial charge in [0.25, 0.3) is 0 Å². The number of benzene rings is 1. The number of fused-ring (bicyclic) bond motifs is 1. The van der Waals surface area contributed by atoms with E-state index < -0.39 is 0 Å². The van der Waals surface area contributed by atoms with Gasteiger partial charge in [0.1, 0.15) is 0 Å². The predicted molar refractivity (Wildman–Crippen MR) is 82.0 cm³/mol. The van der Waals surface area contributed by atoms with Gasteiger partial charge in [-0.3, -0.25) is 0 Å². The van der Waals surface area contributed by atoms with Gasteiger partial charge in [0.2, 0.25) is 0 Å². The molecule has 0 radical (unpaired) electrons. The highest BCUT2D eigenvalue weighted by Crippen LogP contribution is 2.39. The Hall–Kier alpha value is -1.55. The van der Waals surface area contributed by atoms with Crippen LogP contribution >= 0.6 is 0 Å². The molecule has 3 N–H and O–H groups in total. The highest BCUT2D eigenvalue weighted by atomic mass is 16.5. The summed E-state index contributed by atoms with van der Waals surface area (Å²) in [4.78, 5) is 4.62. The number of anilines is 1. The van der Waals surface area contributed by atoms with Crippen molar-refractivity contribution in [2.24, 2.45) is 16.6 Å². The zero-order valence-corrected chi connectivity index (χ0v) is 12.2. The molecule has 1 saturated carbocycles. The fourth-order valence-corrected chi connectivity index (χ4v) is 3.32. The lowest BCUT2D eigenvalue weighted by molar-refractivity contribution is -0.0937. The number of guanidine groups is 1. The average Bonchev–Trinajstić information content (AvgIpc) is 2.34. The third-order valence-corrected chi connectivity index (χ3v) is 4.26. The van der Waals surface area contributed by atoms with Gasteiger partial charge < -0.3 is 15.8 Å². The van der Waals surface area contributed by atoms with Crippen LogP contribution in [0.1, 0.15) is 30.4 Å². The molecule has 2 aliphatic rings. The SMILES string of the molecule is Cc1cc(C)cc(NC(N)=NC2CC3OCCCC23)c1. The van der Waals surface area contributed by atoms with E-state index in [0.29, 0.717) is 24.0 Å². The first-order valence-electron chi connectivity index (χ1n) is 7.42. The summed E-state index contributed by atoms with van der Waals surface area (Å²) in [6, 6.07) is 6.65. The molecule has 0 spiro atoms. The van der Waals surface area contributed by atoms with Crippen molar-refractivity contribution in [1.29, 1.82) is 0 Å². The molecule has 1 saturated heterocycles. The van der Waals surface area contributed by atoms with Gasteiger partial charge in [-0.2, -0.15) is 0 Å². The largest absolute Gasteiger partial charge is 0.378 e. The first-order chi connectivity index (χ1) is 9.61. The minimum Gasteiger partial charge on any atom is -0.378 e. The molecule has 3 atom stereocenters. The first kappa shape index (κ1) is 13.4. The van der Waals surface area contributed by atoms with Crippen LogP contribution in [0.25, 0.3) is 0 Å². The van der Waals surface area contributed by atoms with Crippen LogP contribution in [0.15, 0.2) is 23.2 Å². The van der Waals surface area contributed by atoms with Crippen LogP contribution in [0.3, 0.4) is 0 Å². The predicted octanol–water partition coefficient (Wildman–Crippen LogP) is 2.60. The zero-order chi connectivity index (χ0) is 14.1. The molecular formula is C16H23N3O. The number of hydrogen-bond acceptors (Lipinski definition) is 2. The second-order valence-corrected chi connectivity index (χ2v) is 6.03. The lowest BCUT2D eigenvalue weighted by Gasteiger charge is -2.45. The van der Waals surface area contributed by atoms with E-state index in [2.05, 4.69) is 42.4 Å². The highest BCUT2D eigenvalue weighted by Gasteiger charge is 2.43. The average molecular weight is 273 g/mol. The first-order valence-corrected chi connectivity index (χ1v) is 7.42. The molecule has 4 heteroatoms. The molecule has 4 nitrogen and oxygen atoms in total. The van der Waals surface area contributed by atoms with Crippen molar-refractivity contribution in [3.63, 3.8) is 0 Å². The number of aliphatic imine (C=N–C) groups is 1. The smallest absolute Gasteiger partial charge is 0.193 e. The molecule has 3 unspecified atom stereocenters. The van der Waals surface area contributed by atoms with Crippen molar-refractivity contribution < 1.29 is 4.74 Å². The Balaban J connectivity index is 1.64. The van der Waals surface area contributed by atoms with E-state index in [1.165, 1.54) is 17.5 Å². The van der Waals surface area contributed by atoms with Crippen molar-refractivity contribution in [2.45, 2.75) is 45.3 Å². The number of hydrogen-bond donors (Lipinski definition) is 2. The minimum atomic E-state index is 0.332. The van der Waals surface area contributed by atoms with Crippen LogP contribution in [-0.2, 0) is 4.74 Å². The van der Waals surface area contributed by atoms with E-state index in [-0.39, 0.29) is 0 Å². The highest BCUT2D eigenvalue weighted by molar-refractivity contribution is 5.92. The van der Waals surface area contributed by atoms with Crippen molar-refractivity contribution in [3.05, 3.63) is 29.3 Å². The Labute approximate surface area is 120 Å². The molecule has 0 aromatic heterocycles. The molecule has 20 heavy (non-hydrogen) atoms. The molecule has 3 rings (SSSR count). The number of rotatable bonds is 2. The van der Waals surface area contributed by atoms with Crippen LogP contribution < -0.4 is 11.1 Å². The molecule has 108 valence electrons. The van der Waals surface area contributed by atoms with E-state index in [9.17, 15) is 0 Å². The summed E-state index contributed by atoms with van der Waals surface area (Å²) in [5, 5.41) is 3.21. The summed E-state index contributed by atoms with van der Waals surface area (Å²) >= 11 is 0. The van der Waals surface area contributed by atoms with Gasteiger partial charge in [-0.1, -0.05) is 6.07 Å². The van der Waals surface area contributed by atoms with E-state index in [1.807, 2.05) is 0 Å². The summed E-state index contributed by atoms with van der Waals surface area (Å²) < 4.78 is 5.71. The maximum absolute atomic E-state index is 6.04. The third kappa shape index (κ3) is 2.80. The number of aryl methyl sites for hydroxylation is 2. The minimum absolute atomic E-state index is 0.332. The van der Waals surface area contributed by atoms with Crippen LogP contribution in [0, 0.1) is 19.8 Å². The Morgan fingerprint density at radius 1 is 1.30 bits per heavy atom. The molecule has 1 aliphatic carbocycles. The maximum Gasteiger partial charge on any atom is 0.193 e. The molecule has 1 aromatic carbocycles. The van der Waals surface area contributed by atoms with Gasteiger partial charge in [0, 0.05) is 18.2 Å². The number of ether oxygens (including phenoxy) is 1. The number of nitrogens with zero attached hydrogens (tertiary/aromatic N) is 1. The monoisotopic (exact) mass is 273 g/mol. The molecule has 2 fully saturated rings. The molecule has 1 aromatic rings. The van der Waals surface area contributed by atoms with Crippen LogP contribution in [0.4, 0.5) is 5.69 Å². The summed E-state index contributed by atoms with van der Waals surface area (Å²) in [6.45, 7) is 5.08. The summed E-state index contributed by atoms with van der Waals surface area (Å²) in [5.41, 5.74) is 9.50. The van der Waals surface area contributed by atoms with Crippen LogP contribution in [0.2, 0.25) is 0 Å². The standard InChI is InChI=1S/C16H23N3O/c1-10-6-11(2)8-12(7-10)18-16(17)19-14-9-15-13(14)4-3-5-20-15/h6-8,13-15H,3-5,9H2,1-2H3,(H3,17,18,19). The van der Waals surface area contributed by atoms with Gasteiger partial charge >= 0.3 is 0 Å². The lowest BCUT2D eigenvalue weighted by Crippen LogP contribution is -2.49. The quantitative estimate of drug-likeness (QED) is 0.643. The fraction of sp³-hybridized carbons (Fsp3) is 0.562. The molecular weight excluding hydrogens is 250 g/mol. The van der Waals surface area contributed by atoms with E-state index in [4.69, 9.17) is 10.5 Å². The third-order valence-electron chi connectivity index (χ3n) is 4.26. The summed E-state index contributed by atoms with van der Waals surface area (Å²) in [5.74, 6) is 1.09. The summed E-state index contributed by atoms with van der Waals surface area (Å²) in [6.07, 6.45) is 3.80. The van der Waals surface area contributed by atoms with Gasteiger partial charge in [0.05, 0.1) is 12.1 Å². The maximum atomic E-state index is 6.04. The van der Waals surface area contributed by atoms with E-state index >= 15 is 0 Å². The molecule has 0 bridgehead atoms. The summed E-state index contributed by atoms with van der Waals surface area (Å²) in [7, 11) is 0. The van der Waals surface area contributed by atoms with Gasteiger partial charge in [-0.05, 0) is 56.4 Å². The lowest BCUT2D eigenvalue weighted by atomic mass is 9.73. The zero-order valence-electron chi connectivity index (χ0n) is 12.2. The molecule has 1 heterocycles. The number of nitrogens with two attached hydrogens (primary N) is 1. The second-order valence-electron chi connectivity index (χ2n) is 6.03. The Morgan fingerprint density at radius 3 is 2.75 bits per heavy atom.